The molecule has 30 heavy (non-hydrogen) atoms. The quantitative estimate of drug-likeness (QED) is 0.291. The number of rotatable bonds is 8. The van der Waals surface area contributed by atoms with E-state index in [2.05, 4.69) is 31.9 Å². The smallest absolute Gasteiger partial charge is 0.225 e. The summed E-state index contributed by atoms with van der Waals surface area (Å²) < 4.78 is 0. The van der Waals surface area contributed by atoms with Crippen LogP contribution < -0.4 is 21.7 Å². The number of fused-ring (bicyclic) bond motifs is 1. The minimum Gasteiger partial charge on any atom is -0.369 e. The molecule has 2 aliphatic rings. The molecule has 164 valence electrons. The van der Waals surface area contributed by atoms with E-state index in [1.165, 1.54) is 5.56 Å². The van der Waals surface area contributed by atoms with Crippen molar-refractivity contribution < 1.29 is 9.59 Å². The third-order valence-electron chi connectivity index (χ3n) is 6.03. The molecule has 1 atom stereocenters. The molecule has 1 saturated heterocycles. The first-order chi connectivity index (χ1) is 14.6. The van der Waals surface area contributed by atoms with Crippen LogP contribution in [-0.2, 0) is 9.59 Å². The van der Waals surface area contributed by atoms with E-state index in [0.29, 0.717) is 13.0 Å². The Morgan fingerprint density at radius 3 is 2.73 bits per heavy atom. The molecule has 1 fully saturated rings. The van der Waals surface area contributed by atoms with Crippen LogP contribution in [0, 0.1) is 5.92 Å². The highest BCUT2D eigenvalue weighted by Gasteiger charge is 2.25. The first-order valence-corrected chi connectivity index (χ1v) is 10.9. The number of carbonyl (C=O) groups excluding carboxylic acids is 2. The van der Waals surface area contributed by atoms with Crippen molar-refractivity contribution in [3.8, 4) is 0 Å². The SMILES string of the molecule is CN=C(NCCCCN1CCC(C(N)=O)CC1)NCC1CC(=O)Nc2ccccc21. The lowest BCUT2D eigenvalue weighted by Crippen LogP contribution is -2.41. The zero-order valence-electron chi connectivity index (χ0n) is 17.8. The van der Waals surface area contributed by atoms with E-state index < -0.39 is 0 Å². The highest BCUT2D eigenvalue weighted by atomic mass is 16.2. The fourth-order valence-electron chi connectivity index (χ4n) is 4.23. The van der Waals surface area contributed by atoms with E-state index in [0.717, 1.165) is 63.5 Å². The molecular weight excluding hydrogens is 380 g/mol. The zero-order chi connectivity index (χ0) is 21.3. The Morgan fingerprint density at radius 1 is 1.23 bits per heavy atom. The number of amides is 2. The number of para-hydroxylation sites is 1. The van der Waals surface area contributed by atoms with Crippen LogP contribution in [0.2, 0.25) is 0 Å². The number of guanidine groups is 1. The summed E-state index contributed by atoms with van der Waals surface area (Å²) in [6.45, 7) is 4.48. The van der Waals surface area contributed by atoms with Crippen molar-refractivity contribution in [3.63, 3.8) is 0 Å². The van der Waals surface area contributed by atoms with Gasteiger partial charge in [-0.2, -0.15) is 0 Å². The second kappa shape index (κ2) is 11.0. The third-order valence-corrected chi connectivity index (χ3v) is 6.03. The fourth-order valence-corrected chi connectivity index (χ4v) is 4.23. The summed E-state index contributed by atoms with van der Waals surface area (Å²) in [5.74, 6) is 0.857. The van der Waals surface area contributed by atoms with E-state index in [-0.39, 0.29) is 23.7 Å². The van der Waals surface area contributed by atoms with Crippen LogP contribution >= 0.6 is 0 Å². The number of benzene rings is 1. The summed E-state index contributed by atoms with van der Waals surface area (Å²) in [5, 5.41) is 9.66. The number of aliphatic imine (C=N–C) groups is 1. The minimum atomic E-state index is -0.157. The number of piperidine rings is 1. The Hall–Kier alpha value is -2.61. The Balaban J connectivity index is 1.33. The van der Waals surface area contributed by atoms with Crippen LogP contribution in [0.5, 0.6) is 0 Å². The molecule has 2 heterocycles. The van der Waals surface area contributed by atoms with Crippen LogP contribution in [0.3, 0.4) is 0 Å². The number of anilines is 1. The summed E-state index contributed by atoms with van der Waals surface area (Å²) >= 11 is 0. The lowest BCUT2D eigenvalue weighted by atomic mass is 9.90. The van der Waals surface area contributed by atoms with Crippen LogP contribution in [0.1, 0.15) is 43.6 Å². The molecule has 5 N–H and O–H groups in total. The molecule has 2 amide bonds. The Labute approximate surface area is 178 Å². The number of primary amides is 1. The van der Waals surface area contributed by atoms with Crippen LogP contribution in [0.4, 0.5) is 5.69 Å². The van der Waals surface area contributed by atoms with Gasteiger partial charge < -0.3 is 26.6 Å². The average Bonchev–Trinajstić information content (AvgIpc) is 2.75. The number of hydrogen-bond donors (Lipinski definition) is 4. The topological polar surface area (TPSA) is 112 Å². The summed E-state index contributed by atoms with van der Waals surface area (Å²) in [5.41, 5.74) is 7.47. The second-order valence-corrected chi connectivity index (χ2v) is 8.14. The van der Waals surface area contributed by atoms with Gasteiger partial charge in [0.1, 0.15) is 0 Å². The fraction of sp³-hybridized carbons (Fsp3) is 0.591. The molecule has 8 nitrogen and oxygen atoms in total. The highest BCUT2D eigenvalue weighted by molar-refractivity contribution is 5.94. The van der Waals surface area contributed by atoms with Gasteiger partial charge >= 0.3 is 0 Å². The van der Waals surface area contributed by atoms with Gasteiger partial charge in [0.25, 0.3) is 0 Å². The summed E-state index contributed by atoms with van der Waals surface area (Å²) in [7, 11) is 1.76. The molecule has 0 radical (unpaired) electrons. The zero-order valence-corrected chi connectivity index (χ0v) is 17.8. The molecule has 0 spiro atoms. The number of nitrogens with two attached hydrogens (primary N) is 1. The van der Waals surface area contributed by atoms with Crippen LogP contribution in [0.15, 0.2) is 29.3 Å². The number of likely N-dealkylation sites (tertiary alicyclic amines) is 1. The maximum atomic E-state index is 12.0. The van der Waals surface area contributed by atoms with Crippen LogP contribution in [0.25, 0.3) is 0 Å². The van der Waals surface area contributed by atoms with Gasteiger partial charge in [-0.3, -0.25) is 14.6 Å². The predicted octanol–water partition coefficient (Wildman–Crippen LogP) is 1.25. The van der Waals surface area contributed by atoms with Crippen molar-refractivity contribution in [2.75, 3.05) is 45.1 Å². The molecule has 0 aromatic heterocycles. The summed E-state index contributed by atoms with van der Waals surface area (Å²) in [4.78, 5) is 29.9. The molecule has 0 aliphatic carbocycles. The minimum absolute atomic E-state index is 0.0551. The van der Waals surface area contributed by atoms with E-state index in [1.807, 2.05) is 18.2 Å². The number of hydrogen-bond acceptors (Lipinski definition) is 4. The number of carbonyl (C=O) groups is 2. The largest absolute Gasteiger partial charge is 0.369 e. The molecule has 8 heteroatoms. The van der Waals surface area contributed by atoms with Crippen molar-refractivity contribution >= 4 is 23.5 Å². The number of nitrogens with zero attached hydrogens (tertiary/aromatic N) is 2. The van der Waals surface area contributed by atoms with Gasteiger partial charge in [-0.1, -0.05) is 18.2 Å². The van der Waals surface area contributed by atoms with Gasteiger partial charge in [-0.05, 0) is 56.9 Å². The van der Waals surface area contributed by atoms with Gasteiger partial charge in [0, 0.05) is 44.1 Å². The standard InChI is InChI=1S/C22H34N6O2/c1-24-22(25-10-4-5-11-28-12-8-16(9-13-28)21(23)30)26-15-17-14-20(29)27-19-7-3-2-6-18(17)19/h2-3,6-7,16-17H,4-5,8-15H2,1H3,(H2,23,30)(H,27,29)(H2,24,25,26). The van der Waals surface area contributed by atoms with Gasteiger partial charge in [-0.25, -0.2) is 0 Å². The molecule has 1 aromatic carbocycles. The van der Waals surface area contributed by atoms with Crippen LogP contribution in [-0.4, -0.2) is 62.4 Å². The summed E-state index contributed by atoms with van der Waals surface area (Å²) in [6.07, 6.45) is 4.39. The Kier molecular flexibility index (Phi) is 8.07. The van der Waals surface area contributed by atoms with Crippen molar-refractivity contribution in [1.82, 2.24) is 15.5 Å². The van der Waals surface area contributed by atoms with Crippen molar-refractivity contribution in [2.45, 2.75) is 38.0 Å². The Bertz CT molecular complexity index is 758. The van der Waals surface area contributed by atoms with Gasteiger partial charge in [-0.15, -0.1) is 0 Å². The Morgan fingerprint density at radius 2 is 2.00 bits per heavy atom. The molecular formula is C22H34N6O2. The number of nitrogens with one attached hydrogen (secondary N) is 3. The van der Waals surface area contributed by atoms with Crippen molar-refractivity contribution in [3.05, 3.63) is 29.8 Å². The maximum absolute atomic E-state index is 12.0. The van der Waals surface area contributed by atoms with E-state index in [9.17, 15) is 9.59 Å². The van der Waals surface area contributed by atoms with E-state index in [4.69, 9.17) is 5.73 Å². The molecule has 1 aromatic rings. The van der Waals surface area contributed by atoms with Gasteiger partial charge in [0.15, 0.2) is 5.96 Å². The first kappa shape index (κ1) is 22.1. The average molecular weight is 415 g/mol. The lowest BCUT2D eigenvalue weighted by Gasteiger charge is -2.30. The molecule has 2 aliphatic heterocycles. The molecule has 0 saturated carbocycles. The molecule has 1 unspecified atom stereocenters. The van der Waals surface area contributed by atoms with Crippen molar-refractivity contribution in [2.24, 2.45) is 16.6 Å². The molecule has 3 rings (SSSR count). The molecule has 0 bridgehead atoms. The first-order valence-electron chi connectivity index (χ1n) is 10.9. The third kappa shape index (κ3) is 6.19. The van der Waals surface area contributed by atoms with Gasteiger partial charge in [0.05, 0.1) is 0 Å². The van der Waals surface area contributed by atoms with Gasteiger partial charge in [0.2, 0.25) is 11.8 Å². The maximum Gasteiger partial charge on any atom is 0.225 e. The highest BCUT2D eigenvalue weighted by Crippen LogP contribution is 2.31. The van der Waals surface area contributed by atoms with E-state index in [1.54, 1.807) is 7.05 Å². The lowest BCUT2D eigenvalue weighted by molar-refractivity contribution is -0.123. The van der Waals surface area contributed by atoms with E-state index >= 15 is 0 Å². The summed E-state index contributed by atoms with van der Waals surface area (Å²) in [6, 6.07) is 7.97. The number of unbranched alkanes of at least 4 members (excludes halogenated alkanes) is 1. The predicted molar refractivity (Wildman–Crippen MR) is 119 cm³/mol. The monoisotopic (exact) mass is 414 g/mol. The second-order valence-electron chi connectivity index (χ2n) is 8.14. The normalized spacial score (nSPS) is 20.4. The van der Waals surface area contributed by atoms with Crippen molar-refractivity contribution in [1.29, 1.82) is 0 Å².